The van der Waals surface area contributed by atoms with Gasteiger partial charge < -0.3 is 10.1 Å². The summed E-state index contributed by atoms with van der Waals surface area (Å²) in [6.45, 7) is 3.99. The SMILES string of the molecule is c1nn([C@H]2CCOC2)cc1C1CCNCC1. The van der Waals surface area contributed by atoms with Gasteiger partial charge in [0, 0.05) is 12.8 Å². The van der Waals surface area contributed by atoms with Crippen molar-refractivity contribution in [3.8, 4) is 0 Å². The molecular weight excluding hydrogens is 202 g/mol. The average molecular weight is 221 g/mol. The van der Waals surface area contributed by atoms with Crippen LogP contribution in [0.25, 0.3) is 0 Å². The molecule has 4 nitrogen and oxygen atoms in total. The van der Waals surface area contributed by atoms with Crippen LogP contribution in [-0.2, 0) is 4.74 Å². The molecule has 0 radical (unpaired) electrons. The zero-order valence-corrected chi connectivity index (χ0v) is 9.56. The summed E-state index contributed by atoms with van der Waals surface area (Å²) in [7, 11) is 0. The second-order valence-corrected chi connectivity index (χ2v) is 4.80. The van der Waals surface area contributed by atoms with Gasteiger partial charge in [-0.3, -0.25) is 4.68 Å². The fraction of sp³-hybridized carbons (Fsp3) is 0.750. The number of hydrogen-bond acceptors (Lipinski definition) is 3. The standard InChI is InChI=1S/C12H19N3O/c1-4-13-5-2-10(1)11-7-14-15(8-11)12-3-6-16-9-12/h7-8,10,12-13H,1-6,9H2/t12-/m0/s1. The van der Waals surface area contributed by atoms with Crippen LogP contribution >= 0.6 is 0 Å². The van der Waals surface area contributed by atoms with Crippen LogP contribution in [0, 0.1) is 0 Å². The molecule has 0 saturated carbocycles. The molecular formula is C12H19N3O. The van der Waals surface area contributed by atoms with E-state index in [0.29, 0.717) is 12.0 Å². The van der Waals surface area contributed by atoms with Gasteiger partial charge in [-0.15, -0.1) is 0 Å². The lowest BCUT2D eigenvalue weighted by Crippen LogP contribution is -2.26. The Labute approximate surface area is 96.0 Å². The third-order valence-electron chi connectivity index (χ3n) is 3.71. The van der Waals surface area contributed by atoms with Crippen molar-refractivity contribution in [3.63, 3.8) is 0 Å². The van der Waals surface area contributed by atoms with Crippen LogP contribution in [0.3, 0.4) is 0 Å². The highest BCUT2D eigenvalue weighted by Gasteiger charge is 2.21. The first-order valence-corrected chi connectivity index (χ1v) is 6.26. The number of nitrogens with zero attached hydrogens (tertiary/aromatic N) is 2. The predicted octanol–water partition coefficient (Wildman–Crippen LogP) is 1.31. The van der Waals surface area contributed by atoms with E-state index in [-0.39, 0.29) is 0 Å². The fourth-order valence-corrected chi connectivity index (χ4v) is 2.65. The topological polar surface area (TPSA) is 39.1 Å². The highest BCUT2D eigenvalue weighted by Crippen LogP contribution is 2.26. The van der Waals surface area contributed by atoms with Crippen LogP contribution < -0.4 is 5.32 Å². The Bertz CT molecular complexity index is 338. The Morgan fingerprint density at radius 1 is 1.31 bits per heavy atom. The average Bonchev–Trinajstić information content (AvgIpc) is 3.01. The summed E-state index contributed by atoms with van der Waals surface area (Å²) in [5.74, 6) is 0.706. The van der Waals surface area contributed by atoms with Crippen molar-refractivity contribution < 1.29 is 4.74 Å². The van der Waals surface area contributed by atoms with E-state index in [0.717, 1.165) is 32.7 Å². The summed E-state index contributed by atoms with van der Waals surface area (Å²) in [5, 5.41) is 7.89. The summed E-state index contributed by atoms with van der Waals surface area (Å²) < 4.78 is 7.50. The van der Waals surface area contributed by atoms with Crippen molar-refractivity contribution in [2.24, 2.45) is 0 Å². The van der Waals surface area contributed by atoms with Gasteiger partial charge in [-0.05, 0) is 43.8 Å². The zero-order valence-electron chi connectivity index (χ0n) is 9.56. The maximum Gasteiger partial charge on any atom is 0.0774 e. The van der Waals surface area contributed by atoms with Crippen molar-refractivity contribution in [1.29, 1.82) is 0 Å². The van der Waals surface area contributed by atoms with Crippen molar-refractivity contribution in [2.45, 2.75) is 31.2 Å². The van der Waals surface area contributed by atoms with E-state index >= 15 is 0 Å². The van der Waals surface area contributed by atoms with E-state index in [9.17, 15) is 0 Å². The molecule has 1 atom stereocenters. The molecule has 2 fully saturated rings. The summed E-state index contributed by atoms with van der Waals surface area (Å²) in [6, 6.07) is 0.468. The summed E-state index contributed by atoms with van der Waals surface area (Å²) in [4.78, 5) is 0. The number of piperidine rings is 1. The monoisotopic (exact) mass is 221 g/mol. The molecule has 4 heteroatoms. The van der Waals surface area contributed by atoms with Crippen LogP contribution in [0.5, 0.6) is 0 Å². The summed E-state index contributed by atoms with van der Waals surface area (Å²) in [5.41, 5.74) is 1.41. The highest BCUT2D eigenvalue weighted by molar-refractivity contribution is 5.12. The normalized spacial score (nSPS) is 27.4. The molecule has 0 unspecified atom stereocenters. The molecule has 3 rings (SSSR count). The van der Waals surface area contributed by atoms with Gasteiger partial charge in [0.25, 0.3) is 0 Å². The van der Waals surface area contributed by atoms with Crippen LogP contribution in [0.1, 0.15) is 36.8 Å². The number of aromatic nitrogens is 2. The van der Waals surface area contributed by atoms with E-state index in [4.69, 9.17) is 4.74 Å². The molecule has 2 aliphatic rings. The Morgan fingerprint density at radius 3 is 2.94 bits per heavy atom. The van der Waals surface area contributed by atoms with Crippen molar-refractivity contribution >= 4 is 0 Å². The van der Waals surface area contributed by atoms with Crippen LogP contribution in [0.15, 0.2) is 12.4 Å². The second kappa shape index (κ2) is 4.55. The third kappa shape index (κ3) is 1.99. The van der Waals surface area contributed by atoms with Gasteiger partial charge in [-0.25, -0.2) is 0 Å². The second-order valence-electron chi connectivity index (χ2n) is 4.80. The summed E-state index contributed by atoms with van der Waals surface area (Å²) in [6.07, 6.45) is 7.87. The number of hydrogen-bond donors (Lipinski definition) is 1. The fourth-order valence-electron chi connectivity index (χ4n) is 2.65. The van der Waals surface area contributed by atoms with Gasteiger partial charge in [0.1, 0.15) is 0 Å². The molecule has 2 saturated heterocycles. The molecule has 3 heterocycles. The first-order chi connectivity index (χ1) is 7.93. The van der Waals surface area contributed by atoms with Gasteiger partial charge in [-0.2, -0.15) is 5.10 Å². The van der Waals surface area contributed by atoms with Gasteiger partial charge >= 0.3 is 0 Å². The van der Waals surface area contributed by atoms with Crippen molar-refractivity contribution in [2.75, 3.05) is 26.3 Å². The number of ether oxygens (including phenoxy) is 1. The largest absolute Gasteiger partial charge is 0.379 e. The lowest BCUT2D eigenvalue weighted by atomic mass is 9.93. The first kappa shape index (κ1) is 10.3. The maximum absolute atomic E-state index is 5.40. The van der Waals surface area contributed by atoms with E-state index in [1.807, 2.05) is 6.20 Å². The van der Waals surface area contributed by atoms with E-state index in [2.05, 4.69) is 21.3 Å². The quantitative estimate of drug-likeness (QED) is 0.818. The number of nitrogens with one attached hydrogen (secondary N) is 1. The number of rotatable bonds is 2. The van der Waals surface area contributed by atoms with Gasteiger partial charge in [0.15, 0.2) is 0 Å². The minimum Gasteiger partial charge on any atom is -0.379 e. The maximum atomic E-state index is 5.40. The molecule has 0 bridgehead atoms. The Kier molecular flexibility index (Phi) is 2.93. The molecule has 1 aromatic heterocycles. The molecule has 1 N–H and O–H groups in total. The predicted molar refractivity (Wildman–Crippen MR) is 61.5 cm³/mol. The Hall–Kier alpha value is -0.870. The summed E-state index contributed by atoms with van der Waals surface area (Å²) >= 11 is 0. The molecule has 0 spiro atoms. The van der Waals surface area contributed by atoms with E-state index in [1.54, 1.807) is 0 Å². The lowest BCUT2D eigenvalue weighted by molar-refractivity contribution is 0.184. The molecule has 0 amide bonds. The van der Waals surface area contributed by atoms with Gasteiger partial charge in [0.2, 0.25) is 0 Å². The highest BCUT2D eigenvalue weighted by atomic mass is 16.5. The molecule has 0 aliphatic carbocycles. The smallest absolute Gasteiger partial charge is 0.0774 e. The minimum atomic E-state index is 0.468. The van der Waals surface area contributed by atoms with Gasteiger partial charge in [-0.1, -0.05) is 0 Å². The molecule has 88 valence electrons. The lowest BCUT2D eigenvalue weighted by Gasteiger charge is -2.21. The minimum absolute atomic E-state index is 0.468. The van der Waals surface area contributed by atoms with Crippen LogP contribution in [0.2, 0.25) is 0 Å². The Balaban J connectivity index is 1.71. The Morgan fingerprint density at radius 2 is 2.19 bits per heavy atom. The first-order valence-electron chi connectivity index (χ1n) is 6.26. The van der Waals surface area contributed by atoms with Crippen LogP contribution in [0.4, 0.5) is 0 Å². The third-order valence-corrected chi connectivity index (χ3v) is 3.71. The zero-order chi connectivity index (χ0) is 10.8. The molecule has 16 heavy (non-hydrogen) atoms. The van der Waals surface area contributed by atoms with Gasteiger partial charge in [0.05, 0.1) is 18.8 Å². The van der Waals surface area contributed by atoms with Crippen LogP contribution in [-0.4, -0.2) is 36.1 Å². The molecule has 0 aromatic carbocycles. The van der Waals surface area contributed by atoms with Crippen molar-refractivity contribution in [1.82, 2.24) is 15.1 Å². The molecule has 2 aliphatic heterocycles. The van der Waals surface area contributed by atoms with Crippen molar-refractivity contribution in [3.05, 3.63) is 18.0 Å². The molecule has 1 aromatic rings. The van der Waals surface area contributed by atoms with E-state index < -0.39 is 0 Å². The van der Waals surface area contributed by atoms with E-state index in [1.165, 1.54) is 18.4 Å².